The van der Waals surface area contributed by atoms with Crippen molar-refractivity contribution in [3.8, 4) is 5.75 Å². The van der Waals surface area contributed by atoms with Crippen molar-refractivity contribution in [3.05, 3.63) is 24.3 Å². The number of morpholine rings is 1. The maximum atomic E-state index is 12.3. The predicted molar refractivity (Wildman–Crippen MR) is 114 cm³/mol. The molecular weight excluding hydrogens is 394 g/mol. The first-order valence-corrected chi connectivity index (χ1v) is 11.7. The number of nitrogens with zero attached hydrogens (tertiary/aromatic N) is 1. The third-order valence-electron chi connectivity index (χ3n) is 4.61. The fourth-order valence-electron chi connectivity index (χ4n) is 3.23. The van der Waals surface area contributed by atoms with Crippen LogP contribution in [0.3, 0.4) is 0 Å². The molecule has 1 aliphatic rings. The molecule has 1 heterocycles. The molecule has 1 unspecified atom stereocenters. The molecule has 9 heteroatoms. The molecule has 0 radical (unpaired) electrons. The van der Waals surface area contributed by atoms with Gasteiger partial charge in [0, 0.05) is 31.4 Å². The number of ether oxygens (including phenoxy) is 2. The van der Waals surface area contributed by atoms with Gasteiger partial charge in [-0.05, 0) is 44.0 Å². The lowest BCUT2D eigenvalue weighted by molar-refractivity contribution is -0.119. The normalized spacial score (nSPS) is 16.6. The van der Waals surface area contributed by atoms with Gasteiger partial charge in [0.15, 0.2) is 0 Å². The summed E-state index contributed by atoms with van der Waals surface area (Å²) in [6.45, 7) is 11.4. The molecule has 0 spiro atoms. The number of hydrogen-bond acceptors (Lipinski definition) is 6. The van der Waals surface area contributed by atoms with Crippen LogP contribution in [-0.2, 0) is 19.6 Å². The summed E-state index contributed by atoms with van der Waals surface area (Å²) in [6.07, 6.45) is 0.0355. The Bertz CT molecular complexity index is 744. The smallest absolute Gasteiger partial charge is 0.241 e. The van der Waals surface area contributed by atoms with Gasteiger partial charge in [0.2, 0.25) is 15.9 Å². The lowest BCUT2D eigenvalue weighted by Crippen LogP contribution is -2.51. The molecule has 1 amide bonds. The minimum Gasteiger partial charge on any atom is -0.491 e. The second-order valence-corrected chi connectivity index (χ2v) is 9.54. The van der Waals surface area contributed by atoms with E-state index in [9.17, 15) is 13.2 Å². The lowest BCUT2D eigenvalue weighted by Gasteiger charge is -2.36. The van der Waals surface area contributed by atoms with Crippen molar-refractivity contribution < 1.29 is 22.7 Å². The van der Waals surface area contributed by atoms with Crippen LogP contribution < -0.4 is 14.8 Å². The molecule has 1 aromatic carbocycles. The van der Waals surface area contributed by atoms with E-state index in [1.54, 1.807) is 24.3 Å². The highest BCUT2D eigenvalue weighted by atomic mass is 32.2. The van der Waals surface area contributed by atoms with E-state index in [0.717, 1.165) is 13.1 Å². The SMILES string of the molecule is CC(C)Oc1ccc(NS(=O)(=O)CC(=O)NCC(C(C)C)N2CCOCC2)cc1. The third-order valence-corrected chi connectivity index (χ3v) is 5.80. The zero-order chi connectivity index (χ0) is 21.4. The highest BCUT2D eigenvalue weighted by Crippen LogP contribution is 2.18. The van der Waals surface area contributed by atoms with Gasteiger partial charge < -0.3 is 14.8 Å². The number of amides is 1. The molecule has 1 fully saturated rings. The summed E-state index contributed by atoms with van der Waals surface area (Å²) in [5.41, 5.74) is 0.391. The number of rotatable bonds is 10. The van der Waals surface area contributed by atoms with Crippen LogP contribution in [0.5, 0.6) is 5.75 Å². The van der Waals surface area contributed by atoms with Crippen molar-refractivity contribution in [2.75, 3.05) is 43.3 Å². The topological polar surface area (TPSA) is 97.0 Å². The number of carbonyl (C=O) groups excluding carboxylic acids is 1. The van der Waals surface area contributed by atoms with Crippen LogP contribution in [0.2, 0.25) is 0 Å². The van der Waals surface area contributed by atoms with E-state index in [4.69, 9.17) is 9.47 Å². The van der Waals surface area contributed by atoms with Crippen LogP contribution in [0.25, 0.3) is 0 Å². The van der Waals surface area contributed by atoms with Gasteiger partial charge in [0.05, 0.1) is 19.3 Å². The van der Waals surface area contributed by atoms with Gasteiger partial charge in [0.25, 0.3) is 0 Å². The molecule has 2 N–H and O–H groups in total. The van der Waals surface area contributed by atoms with Crippen LogP contribution in [0.4, 0.5) is 5.69 Å². The molecule has 2 rings (SSSR count). The van der Waals surface area contributed by atoms with E-state index >= 15 is 0 Å². The van der Waals surface area contributed by atoms with E-state index in [0.29, 0.717) is 37.1 Å². The number of anilines is 1. The molecule has 0 bridgehead atoms. The fourth-order valence-corrected chi connectivity index (χ4v) is 4.24. The van der Waals surface area contributed by atoms with Crippen molar-refractivity contribution in [3.63, 3.8) is 0 Å². The minimum absolute atomic E-state index is 0.0355. The van der Waals surface area contributed by atoms with E-state index in [1.165, 1.54) is 0 Å². The molecule has 1 aliphatic heterocycles. The van der Waals surface area contributed by atoms with Crippen LogP contribution in [0.15, 0.2) is 24.3 Å². The fraction of sp³-hybridized carbons (Fsp3) is 0.650. The van der Waals surface area contributed by atoms with Gasteiger partial charge in [0.1, 0.15) is 11.5 Å². The summed E-state index contributed by atoms with van der Waals surface area (Å²) in [5, 5.41) is 2.77. The van der Waals surface area contributed by atoms with Gasteiger partial charge in [-0.25, -0.2) is 8.42 Å². The lowest BCUT2D eigenvalue weighted by atomic mass is 10.0. The van der Waals surface area contributed by atoms with Crippen LogP contribution in [0, 0.1) is 5.92 Å². The number of nitrogens with one attached hydrogen (secondary N) is 2. The molecule has 1 aromatic rings. The van der Waals surface area contributed by atoms with Crippen LogP contribution in [-0.4, -0.2) is 70.0 Å². The van der Waals surface area contributed by atoms with E-state index in [1.807, 2.05) is 13.8 Å². The largest absolute Gasteiger partial charge is 0.491 e. The van der Waals surface area contributed by atoms with Crippen molar-refractivity contribution in [1.29, 1.82) is 0 Å². The van der Waals surface area contributed by atoms with Gasteiger partial charge >= 0.3 is 0 Å². The van der Waals surface area contributed by atoms with Gasteiger partial charge in [-0.15, -0.1) is 0 Å². The molecule has 1 saturated heterocycles. The molecule has 1 atom stereocenters. The quantitative estimate of drug-likeness (QED) is 0.590. The second kappa shape index (κ2) is 10.8. The van der Waals surface area contributed by atoms with Crippen LogP contribution in [0.1, 0.15) is 27.7 Å². The highest BCUT2D eigenvalue weighted by molar-refractivity contribution is 7.93. The Kier molecular flexibility index (Phi) is 8.73. The standard InChI is InChI=1S/C20H33N3O5S/c1-15(2)19(23-9-11-27-12-10-23)13-21-20(24)14-29(25,26)22-17-5-7-18(8-6-17)28-16(3)4/h5-8,15-16,19,22H,9-14H2,1-4H3,(H,21,24). The van der Waals surface area contributed by atoms with Crippen molar-refractivity contribution in [2.24, 2.45) is 5.92 Å². The summed E-state index contributed by atoms with van der Waals surface area (Å²) in [4.78, 5) is 14.5. The van der Waals surface area contributed by atoms with Crippen molar-refractivity contribution in [2.45, 2.75) is 39.8 Å². The molecule has 29 heavy (non-hydrogen) atoms. The van der Waals surface area contributed by atoms with E-state index in [-0.39, 0.29) is 12.1 Å². The average Bonchev–Trinajstić information content (AvgIpc) is 2.63. The second-order valence-electron chi connectivity index (χ2n) is 7.82. The zero-order valence-electron chi connectivity index (χ0n) is 17.7. The number of benzene rings is 1. The Balaban J connectivity index is 1.86. The van der Waals surface area contributed by atoms with Gasteiger partial charge in [-0.3, -0.25) is 14.4 Å². The van der Waals surface area contributed by atoms with E-state index < -0.39 is 21.7 Å². The number of carbonyl (C=O) groups is 1. The summed E-state index contributed by atoms with van der Waals surface area (Å²) in [5.74, 6) is -0.153. The molecule has 8 nitrogen and oxygen atoms in total. The zero-order valence-corrected chi connectivity index (χ0v) is 18.5. The number of hydrogen-bond donors (Lipinski definition) is 2. The molecular formula is C20H33N3O5S. The molecule has 0 saturated carbocycles. The Morgan fingerprint density at radius 2 is 1.76 bits per heavy atom. The van der Waals surface area contributed by atoms with Crippen LogP contribution >= 0.6 is 0 Å². The Hall–Kier alpha value is -1.84. The van der Waals surface area contributed by atoms with Crippen molar-refractivity contribution in [1.82, 2.24) is 10.2 Å². The first-order valence-electron chi connectivity index (χ1n) is 10.0. The Morgan fingerprint density at radius 1 is 1.14 bits per heavy atom. The maximum absolute atomic E-state index is 12.3. The first kappa shape index (κ1) is 23.4. The Morgan fingerprint density at radius 3 is 2.31 bits per heavy atom. The summed E-state index contributed by atoms with van der Waals surface area (Å²) in [7, 11) is -3.80. The molecule has 164 valence electrons. The average molecular weight is 428 g/mol. The summed E-state index contributed by atoms with van der Waals surface area (Å²) < 4.78 is 38.0. The maximum Gasteiger partial charge on any atom is 0.241 e. The predicted octanol–water partition coefficient (Wildman–Crippen LogP) is 1.69. The number of sulfonamides is 1. The molecule has 0 aliphatic carbocycles. The van der Waals surface area contributed by atoms with Crippen molar-refractivity contribution >= 4 is 21.6 Å². The summed E-state index contributed by atoms with van der Waals surface area (Å²) in [6, 6.07) is 6.74. The minimum atomic E-state index is -3.80. The summed E-state index contributed by atoms with van der Waals surface area (Å²) >= 11 is 0. The molecule has 0 aromatic heterocycles. The van der Waals surface area contributed by atoms with Gasteiger partial charge in [-0.2, -0.15) is 0 Å². The Labute approximate surface area is 174 Å². The van der Waals surface area contributed by atoms with E-state index in [2.05, 4.69) is 28.8 Å². The third kappa shape index (κ3) is 8.20. The highest BCUT2D eigenvalue weighted by Gasteiger charge is 2.25. The monoisotopic (exact) mass is 427 g/mol. The first-order chi connectivity index (χ1) is 13.7. The van der Waals surface area contributed by atoms with Gasteiger partial charge in [-0.1, -0.05) is 13.8 Å².